The van der Waals surface area contributed by atoms with Crippen LogP contribution in [-0.4, -0.2) is 43.7 Å². The van der Waals surface area contributed by atoms with Gasteiger partial charge in [-0.1, -0.05) is 6.42 Å². The molecule has 0 bridgehead atoms. The first-order chi connectivity index (χ1) is 6.93. The van der Waals surface area contributed by atoms with E-state index in [1.54, 1.807) is 0 Å². The van der Waals surface area contributed by atoms with Crippen molar-refractivity contribution in [3.05, 3.63) is 0 Å². The summed E-state index contributed by atoms with van der Waals surface area (Å²) < 4.78 is 5.85. The van der Waals surface area contributed by atoms with Crippen LogP contribution >= 0.6 is 0 Å². The van der Waals surface area contributed by atoms with E-state index in [9.17, 15) is 0 Å². The van der Waals surface area contributed by atoms with E-state index in [0.29, 0.717) is 18.2 Å². The van der Waals surface area contributed by atoms with Crippen LogP contribution in [0.25, 0.3) is 0 Å². The van der Waals surface area contributed by atoms with Crippen LogP contribution in [0, 0.1) is 0 Å². The Morgan fingerprint density at radius 3 is 3.07 bits per heavy atom. The van der Waals surface area contributed by atoms with Gasteiger partial charge in [-0.25, -0.2) is 4.99 Å². The Morgan fingerprint density at radius 2 is 2.29 bits per heavy atom. The van der Waals surface area contributed by atoms with Crippen LogP contribution in [0.4, 0.5) is 0 Å². The topological polar surface area (TPSA) is 45.7 Å². The summed E-state index contributed by atoms with van der Waals surface area (Å²) in [6.07, 6.45) is 4.09. The van der Waals surface area contributed by atoms with Gasteiger partial charge in [0.2, 0.25) is 5.90 Å². The number of ether oxygens (including phenoxy) is 1. The molecule has 3 heterocycles. The fourth-order valence-corrected chi connectivity index (χ4v) is 2.47. The van der Waals surface area contributed by atoms with Gasteiger partial charge in [0.25, 0.3) is 0 Å². The molecular weight excluding hydrogens is 178 g/mol. The van der Waals surface area contributed by atoms with Crippen LogP contribution in [0.1, 0.15) is 19.3 Å². The van der Waals surface area contributed by atoms with Gasteiger partial charge < -0.3 is 15.4 Å². The molecule has 0 aromatic heterocycles. The molecule has 0 aromatic carbocycles. The molecule has 2 saturated heterocycles. The van der Waals surface area contributed by atoms with Crippen molar-refractivity contribution in [2.24, 2.45) is 4.99 Å². The highest BCUT2D eigenvalue weighted by Crippen LogP contribution is 2.21. The molecule has 3 aliphatic rings. The summed E-state index contributed by atoms with van der Waals surface area (Å²) >= 11 is 0. The van der Waals surface area contributed by atoms with Crippen molar-refractivity contribution >= 4 is 5.90 Å². The number of nitrogens with zero attached hydrogens (tertiary/aromatic N) is 1. The van der Waals surface area contributed by atoms with Gasteiger partial charge in [0.1, 0.15) is 12.1 Å². The standard InChI is InChI=1S/C10H17N3O/c1-2-4-12-7(3-1)10-13-8-5-11-6-9(8)14-10/h7-9,11-12H,1-6H2. The number of piperidine rings is 1. The van der Waals surface area contributed by atoms with E-state index >= 15 is 0 Å². The highest BCUT2D eigenvalue weighted by molar-refractivity contribution is 5.83. The molecule has 2 N–H and O–H groups in total. The summed E-state index contributed by atoms with van der Waals surface area (Å²) in [5.74, 6) is 0.973. The van der Waals surface area contributed by atoms with Crippen molar-refractivity contribution in [3.8, 4) is 0 Å². The zero-order valence-corrected chi connectivity index (χ0v) is 8.33. The van der Waals surface area contributed by atoms with Crippen LogP contribution in [0.2, 0.25) is 0 Å². The van der Waals surface area contributed by atoms with E-state index in [4.69, 9.17) is 4.74 Å². The lowest BCUT2D eigenvalue weighted by Gasteiger charge is -2.23. The number of nitrogens with one attached hydrogen (secondary N) is 2. The third-order valence-electron chi connectivity index (χ3n) is 3.30. The third kappa shape index (κ3) is 1.42. The molecule has 4 heteroatoms. The van der Waals surface area contributed by atoms with Crippen molar-refractivity contribution in [2.45, 2.75) is 37.5 Å². The van der Waals surface area contributed by atoms with Crippen molar-refractivity contribution in [1.29, 1.82) is 0 Å². The lowest BCUT2D eigenvalue weighted by atomic mass is 10.1. The molecule has 0 saturated carbocycles. The van der Waals surface area contributed by atoms with Gasteiger partial charge in [0.15, 0.2) is 0 Å². The SMILES string of the molecule is C1CCC(C2=NC3CNCC3O2)NC1. The molecule has 78 valence electrons. The molecule has 0 aromatic rings. The van der Waals surface area contributed by atoms with Gasteiger partial charge in [-0.3, -0.25) is 0 Å². The van der Waals surface area contributed by atoms with E-state index in [1.165, 1.54) is 19.3 Å². The Morgan fingerprint density at radius 1 is 1.29 bits per heavy atom. The number of rotatable bonds is 1. The van der Waals surface area contributed by atoms with Crippen molar-refractivity contribution in [2.75, 3.05) is 19.6 Å². The summed E-state index contributed by atoms with van der Waals surface area (Å²) in [6.45, 7) is 3.06. The average Bonchev–Trinajstić information content (AvgIpc) is 2.78. The molecule has 14 heavy (non-hydrogen) atoms. The molecule has 0 aliphatic carbocycles. The maximum absolute atomic E-state index is 5.85. The minimum atomic E-state index is 0.314. The van der Waals surface area contributed by atoms with Gasteiger partial charge in [-0.05, 0) is 19.4 Å². The van der Waals surface area contributed by atoms with Gasteiger partial charge in [0, 0.05) is 13.1 Å². The number of hydrogen-bond donors (Lipinski definition) is 2. The lowest BCUT2D eigenvalue weighted by Crippen LogP contribution is -2.41. The molecule has 3 rings (SSSR count). The number of aliphatic imine (C=N–C) groups is 1. The predicted octanol–water partition coefficient (Wildman–Crippen LogP) is -0.102. The van der Waals surface area contributed by atoms with E-state index in [-0.39, 0.29) is 0 Å². The maximum atomic E-state index is 5.85. The van der Waals surface area contributed by atoms with E-state index in [0.717, 1.165) is 25.5 Å². The summed E-state index contributed by atoms with van der Waals surface area (Å²) in [7, 11) is 0. The third-order valence-corrected chi connectivity index (χ3v) is 3.30. The second-order valence-corrected chi connectivity index (χ2v) is 4.35. The predicted molar refractivity (Wildman–Crippen MR) is 54.6 cm³/mol. The molecule has 0 amide bonds. The van der Waals surface area contributed by atoms with Gasteiger partial charge >= 0.3 is 0 Å². The zero-order chi connectivity index (χ0) is 9.38. The highest BCUT2D eigenvalue weighted by atomic mass is 16.5. The summed E-state index contributed by atoms with van der Waals surface area (Å²) in [4.78, 5) is 4.64. The Labute approximate surface area is 84.1 Å². The normalized spacial score (nSPS) is 41.7. The Bertz CT molecular complexity index is 248. The van der Waals surface area contributed by atoms with Crippen LogP contribution in [-0.2, 0) is 4.74 Å². The first-order valence-corrected chi connectivity index (χ1v) is 5.62. The largest absolute Gasteiger partial charge is 0.473 e. The smallest absolute Gasteiger partial charge is 0.201 e. The number of fused-ring (bicyclic) bond motifs is 1. The van der Waals surface area contributed by atoms with E-state index in [2.05, 4.69) is 15.6 Å². The van der Waals surface area contributed by atoms with E-state index in [1.807, 2.05) is 0 Å². The minimum absolute atomic E-state index is 0.314. The van der Waals surface area contributed by atoms with Crippen LogP contribution in [0.5, 0.6) is 0 Å². The molecule has 4 nitrogen and oxygen atoms in total. The molecular formula is C10H17N3O. The second-order valence-electron chi connectivity index (χ2n) is 4.35. The van der Waals surface area contributed by atoms with Crippen LogP contribution in [0.3, 0.4) is 0 Å². The highest BCUT2D eigenvalue weighted by Gasteiger charge is 2.37. The van der Waals surface area contributed by atoms with Gasteiger partial charge in [-0.2, -0.15) is 0 Å². The van der Waals surface area contributed by atoms with Crippen molar-refractivity contribution in [3.63, 3.8) is 0 Å². The monoisotopic (exact) mass is 195 g/mol. The lowest BCUT2D eigenvalue weighted by molar-refractivity contribution is 0.209. The fourth-order valence-electron chi connectivity index (χ4n) is 2.47. The fraction of sp³-hybridized carbons (Fsp3) is 0.900. The summed E-state index contributed by atoms with van der Waals surface area (Å²) in [6, 6.07) is 0.781. The Balaban J connectivity index is 1.67. The minimum Gasteiger partial charge on any atom is -0.473 e. The van der Waals surface area contributed by atoms with Crippen LogP contribution in [0.15, 0.2) is 4.99 Å². The Kier molecular flexibility index (Phi) is 2.18. The Hall–Kier alpha value is -0.610. The maximum Gasteiger partial charge on any atom is 0.201 e. The first kappa shape index (κ1) is 8.68. The molecule has 3 unspecified atom stereocenters. The van der Waals surface area contributed by atoms with E-state index < -0.39 is 0 Å². The van der Waals surface area contributed by atoms with Crippen molar-refractivity contribution in [1.82, 2.24) is 10.6 Å². The van der Waals surface area contributed by atoms with Crippen molar-refractivity contribution < 1.29 is 4.74 Å². The number of hydrogen-bond acceptors (Lipinski definition) is 4. The molecule has 0 spiro atoms. The van der Waals surface area contributed by atoms with Gasteiger partial charge in [-0.15, -0.1) is 0 Å². The summed E-state index contributed by atoms with van der Waals surface area (Å²) in [5.41, 5.74) is 0. The first-order valence-electron chi connectivity index (χ1n) is 5.62. The molecule has 3 aliphatic heterocycles. The second kappa shape index (κ2) is 3.51. The van der Waals surface area contributed by atoms with Crippen LogP contribution < -0.4 is 10.6 Å². The zero-order valence-electron chi connectivity index (χ0n) is 8.33. The quantitative estimate of drug-likeness (QED) is 0.614. The summed E-state index contributed by atoms with van der Waals surface area (Å²) in [5, 5.41) is 6.77. The average molecular weight is 195 g/mol. The molecule has 3 atom stereocenters. The molecule has 2 fully saturated rings. The van der Waals surface area contributed by atoms with Gasteiger partial charge in [0.05, 0.1) is 6.04 Å². The molecule has 0 radical (unpaired) electrons.